The van der Waals surface area contributed by atoms with Crippen LogP contribution in [0.5, 0.6) is 0 Å². The molecule has 2 N–H and O–H groups in total. The Labute approximate surface area is 145 Å². The number of imidazole rings is 1. The van der Waals surface area contributed by atoms with Crippen LogP contribution >= 0.6 is 0 Å². The molecule has 3 aromatic rings. The maximum absolute atomic E-state index is 12.6. The van der Waals surface area contributed by atoms with Gasteiger partial charge in [-0.05, 0) is 45.4 Å². The highest BCUT2D eigenvalue weighted by atomic mass is 16.5. The van der Waals surface area contributed by atoms with Gasteiger partial charge in [0.2, 0.25) is 0 Å². The van der Waals surface area contributed by atoms with Gasteiger partial charge in [-0.25, -0.2) is 14.5 Å². The van der Waals surface area contributed by atoms with E-state index in [9.17, 15) is 9.59 Å². The SMILES string of the molecule is Cc1[nH]c(C(=O)Nn2cnc3ccccc32)c(C)c1C(=O)OC(C)C. The molecular formula is C18H20N4O3. The number of aryl methyl sites for hydroxylation is 1. The highest BCUT2D eigenvalue weighted by Crippen LogP contribution is 2.20. The fourth-order valence-electron chi connectivity index (χ4n) is 2.77. The van der Waals surface area contributed by atoms with Crippen molar-refractivity contribution in [2.45, 2.75) is 33.8 Å². The highest BCUT2D eigenvalue weighted by Gasteiger charge is 2.24. The Morgan fingerprint density at radius 3 is 2.68 bits per heavy atom. The van der Waals surface area contributed by atoms with Crippen molar-refractivity contribution in [3.63, 3.8) is 0 Å². The first kappa shape index (κ1) is 16.8. The van der Waals surface area contributed by atoms with Gasteiger partial charge in [0.25, 0.3) is 5.91 Å². The van der Waals surface area contributed by atoms with Crippen LogP contribution in [0.25, 0.3) is 11.0 Å². The van der Waals surface area contributed by atoms with E-state index in [-0.39, 0.29) is 12.0 Å². The van der Waals surface area contributed by atoms with E-state index in [0.29, 0.717) is 22.5 Å². The van der Waals surface area contributed by atoms with E-state index in [2.05, 4.69) is 15.4 Å². The first-order chi connectivity index (χ1) is 11.9. The normalized spacial score (nSPS) is 11.1. The molecule has 130 valence electrons. The fraction of sp³-hybridized carbons (Fsp3) is 0.278. The van der Waals surface area contributed by atoms with Gasteiger partial charge in [-0.2, -0.15) is 0 Å². The van der Waals surface area contributed by atoms with Crippen molar-refractivity contribution in [1.82, 2.24) is 14.6 Å². The molecule has 0 aliphatic heterocycles. The van der Waals surface area contributed by atoms with Gasteiger partial charge >= 0.3 is 5.97 Å². The molecule has 0 saturated heterocycles. The van der Waals surface area contributed by atoms with Crippen LogP contribution in [0.4, 0.5) is 0 Å². The number of carbonyl (C=O) groups excluding carboxylic acids is 2. The van der Waals surface area contributed by atoms with Crippen LogP contribution in [0, 0.1) is 13.8 Å². The Balaban J connectivity index is 1.89. The molecule has 1 aromatic carbocycles. The zero-order chi connectivity index (χ0) is 18.1. The van der Waals surface area contributed by atoms with E-state index in [4.69, 9.17) is 4.74 Å². The summed E-state index contributed by atoms with van der Waals surface area (Å²) in [5, 5.41) is 0. The quantitative estimate of drug-likeness (QED) is 0.715. The number of hydrogen-bond donors (Lipinski definition) is 2. The first-order valence-electron chi connectivity index (χ1n) is 8.02. The third-order valence-electron chi connectivity index (χ3n) is 3.89. The molecule has 0 saturated carbocycles. The van der Waals surface area contributed by atoms with Crippen LogP contribution < -0.4 is 5.43 Å². The number of nitrogens with one attached hydrogen (secondary N) is 2. The van der Waals surface area contributed by atoms with E-state index in [1.165, 1.54) is 0 Å². The molecule has 25 heavy (non-hydrogen) atoms. The summed E-state index contributed by atoms with van der Waals surface area (Å²) in [6.45, 7) is 7.04. The largest absolute Gasteiger partial charge is 0.459 e. The summed E-state index contributed by atoms with van der Waals surface area (Å²) in [7, 11) is 0. The predicted molar refractivity (Wildman–Crippen MR) is 94.2 cm³/mol. The molecule has 0 unspecified atom stereocenters. The molecule has 1 amide bonds. The lowest BCUT2D eigenvalue weighted by Gasteiger charge is -2.09. The van der Waals surface area contributed by atoms with Crippen LogP contribution in [-0.2, 0) is 4.74 Å². The number of para-hydroxylation sites is 2. The van der Waals surface area contributed by atoms with Crippen molar-refractivity contribution < 1.29 is 14.3 Å². The number of amides is 1. The van der Waals surface area contributed by atoms with Gasteiger partial charge < -0.3 is 9.72 Å². The minimum absolute atomic E-state index is 0.226. The lowest BCUT2D eigenvalue weighted by molar-refractivity contribution is 0.0376. The molecule has 0 aliphatic carbocycles. The van der Waals surface area contributed by atoms with Crippen molar-refractivity contribution in [3.05, 3.63) is 53.1 Å². The first-order valence-corrected chi connectivity index (χ1v) is 8.02. The number of aromatic amines is 1. The van der Waals surface area contributed by atoms with Crippen LogP contribution in [0.2, 0.25) is 0 Å². The molecule has 0 radical (unpaired) electrons. The monoisotopic (exact) mass is 340 g/mol. The van der Waals surface area contributed by atoms with Gasteiger partial charge in [-0.1, -0.05) is 12.1 Å². The standard InChI is InChI=1S/C18H20N4O3/c1-10(2)25-18(24)15-11(3)16(20-12(15)4)17(23)21-22-9-19-13-7-5-6-8-14(13)22/h5-10,20H,1-4H3,(H,21,23). The Bertz CT molecular complexity index is 953. The second kappa shape index (κ2) is 6.43. The number of benzene rings is 1. The van der Waals surface area contributed by atoms with Crippen LogP contribution in [0.1, 0.15) is 46.0 Å². The number of rotatable bonds is 4. The maximum atomic E-state index is 12.6. The Hall–Kier alpha value is -3.09. The Morgan fingerprint density at radius 1 is 1.24 bits per heavy atom. The van der Waals surface area contributed by atoms with Crippen molar-refractivity contribution in [2.24, 2.45) is 0 Å². The van der Waals surface area contributed by atoms with E-state index in [1.54, 1.807) is 38.7 Å². The molecule has 0 spiro atoms. The topological polar surface area (TPSA) is 89.0 Å². The minimum Gasteiger partial charge on any atom is -0.459 e. The minimum atomic E-state index is -0.437. The molecule has 0 fully saturated rings. The summed E-state index contributed by atoms with van der Waals surface area (Å²) in [6.07, 6.45) is 1.32. The van der Waals surface area contributed by atoms with Gasteiger partial charge in [-0.15, -0.1) is 0 Å². The number of aromatic nitrogens is 3. The molecule has 7 heteroatoms. The average Bonchev–Trinajstić information content (AvgIpc) is 3.08. The van der Waals surface area contributed by atoms with Gasteiger partial charge in [0.15, 0.2) is 0 Å². The zero-order valence-electron chi connectivity index (χ0n) is 14.6. The van der Waals surface area contributed by atoms with E-state index in [1.807, 2.05) is 24.3 Å². The lowest BCUT2D eigenvalue weighted by atomic mass is 10.1. The second-order valence-electron chi connectivity index (χ2n) is 6.12. The smallest absolute Gasteiger partial charge is 0.340 e. The number of H-pyrrole nitrogens is 1. The third-order valence-corrected chi connectivity index (χ3v) is 3.89. The van der Waals surface area contributed by atoms with Gasteiger partial charge in [-0.3, -0.25) is 10.2 Å². The van der Waals surface area contributed by atoms with Gasteiger partial charge in [0, 0.05) is 5.69 Å². The van der Waals surface area contributed by atoms with Crippen LogP contribution in [0.15, 0.2) is 30.6 Å². The van der Waals surface area contributed by atoms with Crippen molar-refractivity contribution in [1.29, 1.82) is 0 Å². The summed E-state index contributed by atoms with van der Waals surface area (Å²) in [4.78, 5) is 32.1. The summed E-state index contributed by atoms with van der Waals surface area (Å²) in [5.41, 5.74) is 6.23. The average molecular weight is 340 g/mol. The highest BCUT2D eigenvalue weighted by molar-refractivity contribution is 6.04. The molecule has 0 aliphatic rings. The summed E-state index contributed by atoms with van der Waals surface area (Å²) < 4.78 is 6.80. The fourth-order valence-corrected chi connectivity index (χ4v) is 2.77. The molecule has 0 bridgehead atoms. The summed E-state index contributed by atoms with van der Waals surface area (Å²) in [6, 6.07) is 7.48. The molecule has 2 heterocycles. The van der Waals surface area contributed by atoms with Crippen molar-refractivity contribution in [2.75, 3.05) is 5.43 Å². The second-order valence-corrected chi connectivity index (χ2v) is 6.12. The van der Waals surface area contributed by atoms with Crippen molar-refractivity contribution >= 4 is 22.9 Å². The zero-order valence-corrected chi connectivity index (χ0v) is 14.6. The maximum Gasteiger partial charge on any atom is 0.340 e. The molecule has 0 atom stereocenters. The lowest BCUT2D eigenvalue weighted by Crippen LogP contribution is -2.23. The third kappa shape index (κ3) is 3.13. The van der Waals surface area contributed by atoms with Crippen LogP contribution in [-0.4, -0.2) is 32.6 Å². The number of carbonyl (C=O) groups is 2. The Kier molecular flexibility index (Phi) is 4.31. The van der Waals surface area contributed by atoms with Crippen molar-refractivity contribution in [3.8, 4) is 0 Å². The van der Waals surface area contributed by atoms with Gasteiger partial charge in [0.1, 0.15) is 12.0 Å². The molecular weight excluding hydrogens is 320 g/mol. The number of ether oxygens (including phenoxy) is 1. The molecule has 7 nitrogen and oxygen atoms in total. The van der Waals surface area contributed by atoms with Crippen LogP contribution in [0.3, 0.4) is 0 Å². The van der Waals surface area contributed by atoms with E-state index < -0.39 is 5.97 Å². The Morgan fingerprint density at radius 2 is 1.96 bits per heavy atom. The number of fused-ring (bicyclic) bond motifs is 1. The summed E-state index contributed by atoms with van der Waals surface area (Å²) in [5.74, 6) is -0.791. The predicted octanol–water partition coefficient (Wildman–Crippen LogP) is 2.93. The molecule has 3 rings (SSSR count). The van der Waals surface area contributed by atoms with Gasteiger partial charge in [0.05, 0.1) is 22.7 Å². The summed E-state index contributed by atoms with van der Waals surface area (Å²) >= 11 is 0. The number of hydrogen-bond acceptors (Lipinski definition) is 4. The van der Waals surface area contributed by atoms with E-state index >= 15 is 0 Å². The van der Waals surface area contributed by atoms with E-state index in [0.717, 1.165) is 11.0 Å². The number of esters is 1. The number of nitrogens with zero attached hydrogens (tertiary/aromatic N) is 2. The molecule has 2 aromatic heterocycles.